The van der Waals surface area contributed by atoms with E-state index in [4.69, 9.17) is 15.1 Å². The lowest BCUT2D eigenvalue weighted by Gasteiger charge is -2.03. The maximum atomic E-state index is 8.90. The molecule has 1 N–H and O–H groups in total. The third kappa shape index (κ3) is 2.24. The summed E-state index contributed by atoms with van der Waals surface area (Å²) in [5.74, 6) is 0.493. The molecule has 6 heteroatoms. The number of aryl methyl sites for hydroxylation is 1. The van der Waals surface area contributed by atoms with Crippen molar-refractivity contribution in [2.75, 3.05) is 6.61 Å². The van der Waals surface area contributed by atoms with Crippen molar-refractivity contribution in [3.05, 3.63) is 32.5 Å². The van der Waals surface area contributed by atoms with Crippen molar-refractivity contribution in [2.45, 2.75) is 13.0 Å². The van der Waals surface area contributed by atoms with Crippen LogP contribution in [0.1, 0.15) is 17.4 Å². The van der Waals surface area contributed by atoms with Crippen LogP contribution in [-0.2, 0) is 0 Å². The molecule has 1 aromatic heterocycles. The molecule has 1 heterocycles. The van der Waals surface area contributed by atoms with Crippen molar-refractivity contribution in [1.82, 2.24) is 0 Å². The van der Waals surface area contributed by atoms with Crippen molar-refractivity contribution in [1.29, 1.82) is 0 Å². The summed E-state index contributed by atoms with van der Waals surface area (Å²) in [6.07, 6.45) is 0. The topological polar surface area (TPSA) is 82.1 Å². The molecule has 0 aliphatic heterocycles. The van der Waals surface area contributed by atoms with Crippen molar-refractivity contribution < 1.29 is 9.52 Å². The van der Waals surface area contributed by atoms with Crippen LogP contribution in [0.25, 0.3) is 10.4 Å². The van der Waals surface area contributed by atoms with Crippen LogP contribution in [0.4, 0.5) is 0 Å². The summed E-state index contributed by atoms with van der Waals surface area (Å²) in [5, 5.41) is 12.3. The van der Waals surface area contributed by atoms with Crippen LogP contribution in [0, 0.1) is 6.92 Å². The van der Waals surface area contributed by atoms with Gasteiger partial charge in [0.05, 0.1) is 6.61 Å². The summed E-state index contributed by atoms with van der Waals surface area (Å²) < 4.78 is 5.77. The SMILES string of the molecule is Cc1cc(Br)oc1C(CO)N=[N+]=[N-]. The Bertz CT molecular complexity index is 344. The van der Waals surface area contributed by atoms with Crippen molar-refractivity contribution in [3.8, 4) is 0 Å². The van der Waals surface area contributed by atoms with Gasteiger partial charge in [0.25, 0.3) is 0 Å². The van der Waals surface area contributed by atoms with Gasteiger partial charge in [0.2, 0.25) is 0 Å². The minimum absolute atomic E-state index is 0.259. The Morgan fingerprint density at radius 1 is 1.85 bits per heavy atom. The molecule has 0 bridgehead atoms. The van der Waals surface area contributed by atoms with Gasteiger partial charge in [-0.1, -0.05) is 5.11 Å². The largest absolute Gasteiger partial charge is 0.454 e. The fourth-order valence-electron chi connectivity index (χ4n) is 1.02. The van der Waals surface area contributed by atoms with Crippen LogP contribution in [-0.4, -0.2) is 11.7 Å². The van der Waals surface area contributed by atoms with E-state index in [1.54, 1.807) is 6.07 Å². The van der Waals surface area contributed by atoms with E-state index >= 15 is 0 Å². The van der Waals surface area contributed by atoms with Crippen molar-refractivity contribution in [2.24, 2.45) is 5.11 Å². The Balaban J connectivity index is 3.03. The van der Waals surface area contributed by atoms with Gasteiger partial charge in [0, 0.05) is 4.91 Å². The highest BCUT2D eigenvalue weighted by Gasteiger charge is 2.15. The predicted molar refractivity (Wildman–Crippen MR) is 50.1 cm³/mol. The smallest absolute Gasteiger partial charge is 0.169 e. The summed E-state index contributed by atoms with van der Waals surface area (Å²) in [4.78, 5) is 2.62. The third-order valence-electron chi connectivity index (χ3n) is 1.59. The number of hydrogen-bond acceptors (Lipinski definition) is 3. The molecule has 0 aliphatic rings. The summed E-state index contributed by atoms with van der Waals surface area (Å²) in [7, 11) is 0. The van der Waals surface area contributed by atoms with E-state index in [1.807, 2.05) is 6.92 Å². The highest BCUT2D eigenvalue weighted by molar-refractivity contribution is 9.10. The fourth-order valence-corrected chi connectivity index (χ4v) is 1.54. The van der Waals surface area contributed by atoms with Crippen LogP contribution in [0.3, 0.4) is 0 Å². The van der Waals surface area contributed by atoms with E-state index in [1.165, 1.54) is 0 Å². The first-order valence-electron chi connectivity index (χ1n) is 3.60. The molecule has 0 aliphatic carbocycles. The second-order valence-electron chi connectivity index (χ2n) is 2.50. The van der Waals surface area contributed by atoms with Crippen molar-refractivity contribution >= 4 is 15.9 Å². The number of aliphatic hydroxyl groups excluding tert-OH is 1. The molecule has 70 valence electrons. The number of azide groups is 1. The first kappa shape index (κ1) is 10.1. The highest BCUT2D eigenvalue weighted by atomic mass is 79.9. The van der Waals surface area contributed by atoms with Gasteiger partial charge in [0.15, 0.2) is 4.67 Å². The van der Waals surface area contributed by atoms with Gasteiger partial charge in [-0.15, -0.1) is 0 Å². The molecule has 0 saturated heterocycles. The van der Waals surface area contributed by atoms with Crippen LogP contribution in [0.15, 0.2) is 20.3 Å². The molecule has 1 atom stereocenters. The van der Waals surface area contributed by atoms with Gasteiger partial charge in [-0.3, -0.25) is 0 Å². The van der Waals surface area contributed by atoms with Gasteiger partial charge in [-0.2, -0.15) is 0 Å². The molecule has 0 saturated carbocycles. The molecule has 0 radical (unpaired) electrons. The summed E-state index contributed by atoms with van der Waals surface area (Å²) in [5.41, 5.74) is 9.07. The first-order chi connectivity index (χ1) is 6.19. The predicted octanol–water partition coefficient (Wildman–Crippen LogP) is 2.69. The second kappa shape index (κ2) is 4.32. The van der Waals surface area contributed by atoms with Crippen LogP contribution >= 0.6 is 15.9 Å². The Morgan fingerprint density at radius 2 is 2.54 bits per heavy atom. The second-order valence-corrected chi connectivity index (χ2v) is 3.28. The van der Waals surface area contributed by atoms with Crippen molar-refractivity contribution in [3.63, 3.8) is 0 Å². The van der Waals surface area contributed by atoms with Crippen LogP contribution < -0.4 is 0 Å². The molecule has 0 amide bonds. The average molecular weight is 246 g/mol. The van der Waals surface area contributed by atoms with Crippen LogP contribution in [0.2, 0.25) is 0 Å². The number of halogens is 1. The maximum Gasteiger partial charge on any atom is 0.169 e. The van der Waals surface area contributed by atoms with Gasteiger partial charge in [0.1, 0.15) is 11.8 Å². The van der Waals surface area contributed by atoms with Crippen LogP contribution in [0.5, 0.6) is 0 Å². The molecule has 5 nitrogen and oxygen atoms in total. The number of aliphatic hydroxyl groups is 1. The number of hydrogen-bond donors (Lipinski definition) is 1. The molecule has 0 fully saturated rings. The molecule has 1 aromatic rings. The standard InChI is InChI=1S/C7H8BrN3O2/c1-4-2-6(8)13-7(4)5(3-12)10-11-9/h2,5,12H,3H2,1H3. The van der Waals surface area contributed by atoms with E-state index < -0.39 is 6.04 Å². The quantitative estimate of drug-likeness (QED) is 0.505. The maximum absolute atomic E-state index is 8.90. The van der Waals surface area contributed by atoms with Gasteiger partial charge in [-0.05, 0) is 40.0 Å². The molecular weight excluding hydrogens is 238 g/mol. The minimum Gasteiger partial charge on any atom is -0.454 e. The molecule has 1 rings (SSSR count). The summed E-state index contributed by atoms with van der Waals surface area (Å²) >= 11 is 3.15. The number of nitrogens with zero attached hydrogens (tertiary/aromatic N) is 3. The van der Waals surface area contributed by atoms with E-state index in [2.05, 4.69) is 26.0 Å². The number of rotatable bonds is 3. The lowest BCUT2D eigenvalue weighted by Crippen LogP contribution is -1.99. The lowest BCUT2D eigenvalue weighted by molar-refractivity contribution is 0.250. The Labute approximate surface area is 83.1 Å². The van der Waals surface area contributed by atoms with E-state index in [0.717, 1.165) is 5.56 Å². The zero-order chi connectivity index (χ0) is 9.84. The summed E-state index contributed by atoms with van der Waals surface area (Å²) in [6, 6.07) is 1.11. The van der Waals surface area contributed by atoms with Gasteiger partial charge in [-0.25, -0.2) is 0 Å². The molecule has 13 heavy (non-hydrogen) atoms. The van der Waals surface area contributed by atoms with E-state index in [9.17, 15) is 0 Å². The fraction of sp³-hybridized carbons (Fsp3) is 0.429. The van der Waals surface area contributed by atoms with E-state index in [0.29, 0.717) is 10.4 Å². The molecule has 1 unspecified atom stereocenters. The third-order valence-corrected chi connectivity index (χ3v) is 1.98. The zero-order valence-corrected chi connectivity index (χ0v) is 8.52. The number of furan rings is 1. The average Bonchev–Trinajstić information content (AvgIpc) is 2.41. The first-order valence-corrected chi connectivity index (χ1v) is 4.39. The zero-order valence-electron chi connectivity index (χ0n) is 6.94. The summed E-state index contributed by atoms with van der Waals surface area (Å²) in [6.45, 7) is 1.56. The Morgan fingerprint density at radius 3 is 2.92 bits per heavy atom. The van der Waals surface area contributed by atoms with Gasteiger partial charge < -0.3 is 9.52 Å². The normalized spacial score (nSPS) is 12.2. The highest BCUT2D eigenvalue weighted by Crippen LogP contribution is 2.27. The molecule has 0 spiro atoms. The minimum atomic E-state index is -0.642. The molecule has 0 aromatic carbocycles. The lowest BCUT2D eigenvalue weighted by atomic mass is 10.2. The Hall–Kier alpha value is -0.970. The Kier molecular flexibility index (Phi) is 3.36. The monoisotopic (exact) mass is 245 g/mol. The van der Waals surface area contributed by atoms with E-state index in [-0.39, 0.29) is 6.61 Å². The molecular formula is C7H8BrN3O2. The van der Waals surface area contributed by atoms with Gasteiger partial charge >= 0.3 is 0 Å².